The number of amides is 1. The van der Waals surface area contributed by atoms with Crippen LogP contribution < -0.4 is 15.8 Å². The van der Waals surface area contributed by atoms with Crippen molar-refractivity contribution in [1.82, 2.24) is 5.32 Å². The van der Waals surface area contributed by atoms with E-state index in [1.165, 1.54) is 0 Å². The highest BCUT2D eigenvalue weighted by Gasteiger charge is 2.08. The molecule has 0 aliphatic rings. The summed E-state index contributed by atoms with van der Waals surface area (Å²) in [7, 11) is 1.57. The van der Waals surface area contributed by atoms with Gasteiger partial charge in [0.05, 0.1) is 19.2 Å². The highest BCUT2D eigenvalue weighted by Crippen LogP contribution is 2.18. The molecule has 0 aromatic heterocycles. The molecule has 0 heterocycles. The molecule has 0 spiro atoms. The van der Waals surface area contributed by atoms with E-state index in [0.717, 1.165) is 12.2 Å². The number of thioether (sulfide) groups is 1. The Morgan fingerprint density at radius 3 is 2.95 bits per heavy atom. The predicted molar refractivity (Wildman–Crippen MR) is 84.3 cm³/mol. The zero-order valence-electron chi connectivity index (χ0n) is 11.9. The summed E-state index contributed by atoms with van der Waals surface area (Å²) in [6.45, 7) is 0.948. The molecule has 1 aromatic rings. The normalized spacial score (nSPS) is 9.55. The molecule has 3 N–H and O–H groups in total. The number of ether oxygens (including phenoxy) is 1. The highest BCUT2D eigenvalue weighted by atomic mass is 32.2. The van der Waals surface area contributed by atoms with E-state index >= 15 is 0 Å². The number of carbonyl (C=O) groups is 1. The molecule has 0 radical (unpaired) electrons. The number of nitrogens with two attached hydrogens (primary N) is 1. The molecule has 4 nitrogen and oxygen atoms in total. The van der Waals surface area contributed by atoms with Gasteiger partial charge in [-0.1, -0.05) is 11.8 Å². The first kappa shape index (κ1) is 16.4. The number of carbonyl (C=O) groups excluding carboxylic acids is 1. The molecule has 1 aromatic carbocycles. The van der Waals surface area contributed by atoms with Gasteiger partial charge in [-0.3, -0.25) is 4.79 Å². The van der Waals surface area contributed by atoms with E-state index in [-0.39, 0.29) is 12.5 Å². The van der Waals surface area contributed by atoms with Gasteiger partial charge in [0.2, 0.25) is 0 Å². The maximum atomic E-state index is 12.0. The Balaban J connectivity index is 2.77. The van der Waals surface area contributed by atoms with Crippen molar-refractivity contribution in [2.75, 3.05) is 32.2 Å². The molecule has 0 unspecified atom stereocenters. The van der Waals surface area contributed by atoms with E-state index in [0.29, 0.717) is 23.4 Å². The van der Waals surface area contributed by atoms with Crippen molar-refractivity contribution < 1.29 is 9.53 Å². The van der Waals surface area contributed by atoms with Gasteiger partial charge < -0.3 is 15.8 Å². The highest BCUT2D eigenvalue weighted by molar-refractivity contribution is 7.98. The van der Waals surface area contributed by atoms with E-state index < -0.39 is 0 Å². The van der Waals surface area contributed by atoms with Crippen molar-refractivity contribution >= 4 is 17.7 Å². The lowest BCUT2D eigenvalue weighted by Crippen LogP contribution is -2.24. The molecule has 0 fully saturated rings. The van der Waals surface area contributed by atoms with Crippen LogP contribution in [0.3, 0.4) is 0 Å². The minimum Gasteiger partial charge on any atom is -0.495 e. The smallest absolute Gasteiger partial charge is 0.251 e. The molecule has 0 saturated heterocycles. The largest absolute Gasteiger partial charge is 0.495 e. The lowest BCUT2D eigenvalue weighted by molar-refractivity contribution is 0.0953. The van der Waals surface area contributed by atoms with Gasteiger partial charge in [-0.25, -0.2) is 0 Å². The Kier molecular flexibility index (Phi) is 7.63. The van der Waals surface area contributed by atoms with Crippen molar-refractivity contribution in [3.63, 3.8) is 0 Å². The topological polar surface area (TPSA) is 64.3 Å². The minimum absolute atomic E-state index is 0.0930. The number of hydrogen-bond acceptors (Lipinski definition) is 4. The van der Waals surface area contributed by atoms with Gasteiger partial charge in [0, 0.05) is 12.1 Å². The Bertz CT molecular complexity index is 506. The van der Waals surface area contributed by atoms with Gasteiger partial charge >= 0.3 is 0 Å². The van der Waals surface area contributed by atoms with Crippen LogP contribution in [0.4, 0.5) is 0 Å². The van der Waals surface area contributed by atoms with Crippen LogP contribution in [0.5, 0.6) is 5.75 Å². The van der Waals surface area contributed by atoms with Crippen LogP contribution in [0, 0.1) is 11.8 Å². The summed E-state index contributed by atoms with van der Waals surface area (Å²) in [6.07, 6.45) is 3.01. The molecule has 20 heavy (non-hydrogen) atoms. The molecule has 108 valence electrons. The second kappa shape index (κ2) is 9.29. The summed E-state index contributed by atoms with van der Waals surface area (Å²) in [5, 5.41) is 2.89. The molecule has 0 aliphatic heterocycles. The third kappa shape index (κ3) is 5.16. The number of rotatable bonds is 6. The van der Waals surface area contributed by atoms with Crippen LogP contribution in [0.2, 0.25) is 0 Å². The Morgan fingerprint density at radius 1 is 1.50 bits per heavy atom. The van der Waals surface area contributed by atoms with Crippen molar-refractivity contribution in [2.45, 2.75) is 6.42 Å². The molecule has 5 heteroatoms. The maximum Gasteiger partial charge on any atom is 0.251 e. The fourth-order valence-electron chi connectivity index (χ4n) is 1.61. The van der Waals surface area contributed by atoms with Crippen LogP contribution in [-0.4, -0.2) is 38.1 Å². The quantitative estimate of drug-likeness (QED) is 0.616. The molecule has 1 rings (SSSR count). The van der Waals surface area contributed by atoms with Crippen LogP contribution in [0.15, 0.2) is 18.2 Å². The van der Waals surface area contributed by atoms with E-state index in [2.05, 4.69) is 17.2 Å². The number of nitrogens with one attached hydrogen (secondary N) is 1. The molecule has 0 bridgehead atoms. The SMILES string of the molecule is COc1ccc(C(=O)NCCCSC)cc1C#CCN. The zero-order chi connectivity index (χ0) is 14.8. The van der Waals surface area contributed by atoms with Gasteiger partial charge in [-0.2, -0.15) is 11.8 Å². The number of methoxy groups -OCH3 is 1. The van der Waals surface area contributed by atoms with Gasteiger partial charge in [0.1, 0.15) is 5.75 Å². The lowest BCUT2D eigenvalue weighted by atomic mass is 10.1. The van der Waals surface area contributed by atoms with E-state index in [1.807, 2.05) is 6.26 Å². The Hall–Kier alpha value is -1.64. The maximum absolute atomic E-state index is 12.0. The zero-order valence-corrected chi connectivity index (χ0v) is 12.7. The van der Waals surface area contributed by atoms with E-state index in [1.54, 1.807) is 37.1 Å². The van der Waals surface area contributed by atoms with Crippen LogP contribution in [0.1, 0.15) is 22.3 Å². The fraction of sp³-hybridized carbons (Fsp3) is 0.400. The number of benzene rings is 1. The minimum atomic E-state index is -0.0930. The third-order valence-electron chi connectivity index (χ3n) is 2.60. The lowest BCUT2D eigenvalue weighted by Gasteiger charge is -2.07. The van der Waals surface area contributed by atoms with Crippen molar-refractivity contribution in [3.05, 3.63) is 29.3 Å². The standard InChI is InChI=1S/C15H20N2O2S/c1-19-14-7-6-13(11-12(14)5-3-8-16)15(18)17-9-4-10-20-2/h6-7,11H,4,8-10,16H2,1-2H3,(H,17,18). The van der Waals surface area contributed by atoms with Crippen molar-refractivity contribution in [2.24, 2.45) is 5.73 Å². The first-order valence-corrected chi connectivity index (χ1v) is 7.76. The summed E-state index contributed by atoms with van der Waals surface area (Å²) in [5.41, 5.74) is 6.62. The van der Waals surface area contributed by atoms with Gasteiger partial charge in [-0.15, -0.1) is 0 Å². The Morgan fingerprint density at radius 2 is 2.30 bits per heavy atom. The molecule has 0 atom stereocenters. The molecular weight excluding hydrogens is 272 g/mol. The van der Waals surface area contributed by atoms with Gasteiger partial charge in [0.25, 0.3) is 5.91 Å². The summed E-state index contributed by atoms with van der Waals surface area (Å²) < 4.78 is 5.21. The molecule has 0 saturated carbocycles. The van der Waals surface area contributed by atoms with E-state index in [9.17, 15) is 4.79 Å². The van der Waals surface area contributed by atoms with Crippen molar-refractivity contribution in [1.29, 1.82) is 0 Å². The van der Waals surface area contributed by atoms with Crippen molar-refractivity contribution in [3.8, 4) is 17.6 Å². The fourth-order valence-corrected chi connectivity index (χ4v) is 2.05. The Labute approximate surface area is 124 Å². The van der Waals surface area contributed by atoms with Crippen LogP contribution in [-0.2, 0) is 0 Å². The summed E-state index contributed by atoms with van der Waals surface area (Å²) >= 11 is 1.77. The van der Waals surface area contributed by atoms with Crippen LogP contribution >= 0.6 is 11.8 Å². The second-order valence-electron chi connectivity index (χ2n) is 4.02. The van der Waals surface area contributed by atoms with E-state index in [4.69, 9.17) is 10.5 Å². The molecule has 0 aliphatic carbocycles. The third-order valence-corrected chi connectivity index (χ3v) is 3.29. The monoisotopic (exact) mass is 292 g/mol. The summed E-state index contributed by atoms with van der Waals surface area (Å²) in [6, 6.07) is 5.21. The molecular formula is C15H20N2O2S. The van der Waals surface area contributed by atoms with Gasteiger partial charge in [-0.05, 0) is 36.6 Å². The molecule has 1 amide bonds. The van der Waals surface area contributed by atoms with Crippen LogP contribution in [0.25, 0.3) is 0 Å². The predicted octanol–water partition coefficient (Wildman–Crippen LogP) is 1.49. The summed E-state index contributed by atoms with van der Waals surface area (Å²) in [5.74, 6) is 7.27. The second-order valence-corrected chi connectivity index (χ2v) is 5.01. The first-order valence-electron chi connectivity index (χ1n) is 6.37. The van der Waals surface area contributed by atoms with Gasteiger partial charge in [0.15, 0.2) is 0 Å². The average molecular weight is 292 g/mol. The number of hydrogen-bond donors (Lipinski definition) is 2. The first-order chi connectivity index (χ1) is 9.72. The summed E-state index contributed by atoms with van der Waals surface area (Å²) in [4.78, 5) is 12.0. The average Bonchev–Trinajstić information content (AvgIpc) is 2.49.